The fraction of sp³-hybridized carbons (Fsp3) is 0.500. The van der Waals surface area contributed by atoms with Gasteiger partial charge in [-0.05, 0) is 43.0 Å². The molecule has 2 N–H and O–H groups in total. The van der Waals surface area contributed by atoms with E-state index in [1.54, 1.807) is 18.4 Å². The van der Waals surface area contributed by atoms with Crippen LogP contribution in [-0.4, -0.2) is 40.4 Å². The van der Waals surface area contributed by atoms with Crippen molar-refractivity contribution in [3.8, 4) is 0 Å². The summed E-state index contributed by atoms with van der Waals surface area (Å²) in [5.41, 5.74) is 0.439. The molecular formula is C24H33N3O4S. The lowest BCUT2D eigenvalue weighted by atomic mass is 10.0. The number of ketones is 1. The lowest BCUT2D eigenvalue weighted by molar-refractivity contribution is -0.128. The maximum Gasteiger partial charge on any atom is 0.252 e. The van der Waals surface area contributed by atoms with E-state index in [-0.39, 0.29) is 29.3 Å². The third-order valence-corrected chi connectivity index (χ3v) is 5.87. The van der Waals surface area contributed by atoms with Crippen molar-refractivity contribution in [2.24, 2.45) is 5.92 Å². The Morgan fingerprint density at radius 1 is 1.09 bits per heavy atom. The number of Topliss-reactive ketones (excluding diaryl/α,β-unsaturated/α-hetero) is 1. The van der Waals surface area contributed by atoms with Crippen LogP contribution in [0.25, 0.3) is 0 Å². The van der Waals surface area contributed by atoms with Gasteiger partial charge >= 0.3 is 0 Å². The van der Waals surface area contributed by atoms with E-state index in [0.29, 0.717) is 24.2 Å². The first-order valence-corrected chi connectivity index (χ1v) is 12.2. The zero-order valence-corrected chi connectivity index (χ0v) is 19.8. The molecule has 0 bridgehead atoms. The van der Waals surface area contributed by atoms with E-state index < -0.39 is 12.1 Å². The normalized spacial score (nSPS) is 12.9. The van der Waals surface area contributed by atoms with Crippen molar-refractivity contribution in [1.82, 2.24) is 15.6 Å². The lowest BCUT2D eigenvalue weighted by Crippen LogP contribution is -2.52. The molecule has 0 aromatic carbocycles. The van der Waals surface area contributed by atoms with E-state index in [2.05, 4.69) is 15.6 Å². The smallest absolute Gasteiger partial charge is 0.252 e. The molecule has 8 heteroatoms. The third-order valence-electron chi connectivity index (χ3n) is 4.89. The minimum absolute atomic E-state index is 0.0212. The van der Waals surface area contributed by atoms with Crippen molar-refractivity contribution < 1.29 is 18.8 Å². The highest BCUT2D eigenvalue weighted by Gasteiger charge is 2.27. The summed E-state index contributed by atoms with van der Waals surface area (Å²) in [6, 6.07) is 5.60. The molecule has 174 valence electrons. The van der Waals surface area contributed by atoms with Gasteiger partial charge in [0.15, 0.2) is 5.78 Å². The van der Waals surface area contributed by atoms with Gasteiger partial charge in [0.2, 0.25) is 5.91 Å². The number of amides is 2. The fourth-order valence-electron chi connectivity index (χ4n) is 3.19. The van der Waals surface area contributed by atoms with Gasteiger partial charge in [0.1, 0.15) is 11.8 Å². The Kier molecular flexibility index (Phi) is 11.0. The molecule has 0 aliphatic heterocycles. The highest BCUT2D eigenvalue weighted by molar-refractivity contribution is 7.99. The molecule has 0 spiro atoms. The van der Waals surface area contributed by atoms with E-state index in [9.17, 15) is 14.4 Å². The van der Waals surface area contributed by atoms with Crippen LogP contribution in [0.5, 0.6) is 0 Å². The van der Waals surface area contributed by atoms with Crippen molar-refractivity contribution in [2.45, 2.75) is 64.3 Å². The molecule has 0 saturated heterocycles. The number of unbranched alkanes of at least 4 members (excludes halogenated alkanes) is 1. The van der Waals surface area contributed by atoms with E-state index in [1.165, 1.54) is 24.2 Å². The molecule has 32 heavy (non-hydrogen) atoms. The number of thioether (sulfide) groups is 1. The topological polar surface area (TPSA) is 101 Å². The van der Waals surface area contributed by atoms with Crippen LogP contribution in [0, 0.1) is 5.92 Å². The van der Waals surface area contributed by atoms with Gasteiger partial charge in [-0.2, -0.15) is 0 Å². The SMILES string of the molecule is CCCCC(NC(=O)C(CC(C)C)NC(=O)c1ccncc1)C(=O)CSCc1ccco1. The number of rotatable bonds is 14. The standard InChI is InChI=1S/C24H33N3O4S/c1-4-5-8-20(22(28)16-32-15-19-7-6-13-31-19)26-24(30)21(14-17(2)3)27-23(29)18-9-11-25-12-10-18/h6-7,9-13,17,20-21H,4-5,8,14-16H2,1-3H3,(H,26,30)(H,27,29). The highest BCUT2D eigenvalue weighted by Crippen LogP contribution is 2.15. The minimum atomic E-state index is -0.719. The molecule has 2 rings (SSSR count). The summed E-state index contributed by atoms with van der Waals surface area (Å²) in [5.74, 6) is 1.21. The molecular weight excluding hydrogens is 426 g/mol. The molecule has 0 fully saturated rings. The molecule has 2 amide bonds. The van der Waals surface area contributed by atoms with Crippen molar-refractivity contribution in [3.63, 3.8) is 0 Å². The molecule has 2 heterocycles. The summed E-state index contributed by atoms with van der Waals surface area (Å²) in [6.07, 6.45) is 7.49. The second-order valence-corrected chi connectivity index (χ2v) is 9.12. The Morgan fingerprint density at radius 3 is 2.47 bits per heavy atom. The first-order valence-electron chi connectivity index (χ1n) is 11.0. The molecule has 2 unspecified atom stereocenters. The van der Waals surface area contributed by atoms with Gasteiger partial charge in [-0.1, -0.05) is 33.6 Å². The molecule has 0 aliphatic carbocycles. The molecule has 0 radical (unpaired) electrons. The number of pyridine rings is 1. The average molecular weight is 460 g/mol. The minimum Gasteiger partial charge on any atom is -0.468 e. The zero-order chi connectivity index (χ0) is 23.3. The van der Waals surface area contributed by atoms with Crippen molar-refractivity contribution >= 4 is 29.4 Å². The van der Waals surface area contributed by atoms with Crippen LogP contribution < -0.4 is 10.6 Å². The van der Waals surface area contributed by atoms with E-state index in [4.69, 9.17) is 4.42 Å². The van der Waals surface area contributed by atoms with E-state index in [1.807, 2.05) is 32.9 Å². The maximum atomic E-state index is 13.1. The van der Waals surface area contributed by atoms with Crippen molar-refractivity contribution in [1.29, 1.82) is 0 Å². The third kappa shape index (κ3) is 8.86. The van der Waals surface area contributed by atoms with Gasteiger partial charge in [-0.15, -0.1) is 11.8 Å². The fourth-order valence-corrected chi connectivity index (χ4v) is 4.06. The zero-order valence-electron chi connectivity index (χ0n) is 19.0. The number of nitrogens with one attached hydrogen (secondary N) is 2. The number of hydrogen-bond acceptors (Lipinski definition) is 6. The first kappa shape index (κ1) is 25.6. The number of aromatic nitrogens is 1. The summed E-state index contributed by atoms with van der Waals surface area (Å²) < 4.78 is 5.30. The van der Waals surface area contributed by atoms with Crippen LogP contribution in [0.4, 0.5) is 0 Å². The molecule has 7 nitrogen and oxygen atoms in total. The number of carbonyl (C=O) groups is 3. The van der Waals surface area contributed by atoms with Crippen LogP contribution in [0.3, 0.4) is 0 Å². The van der Waals surface area contributed by atoms with Gasteiger partial charge < -0.3 is 15.1 Å². The van der Waals surface area contributed by atoms with Crippen LogP contribution in [0.2, 0.25) is 0 Å². The van der Waals surface area contributed by atoms with Crippen molar-refractivity contribution in [2.75, 3.05) is 5.75 Å². The summed E-state index contributed by atoms with van der Waals surface area (Å²) in [6.45, 7) is 6.03. The van der Waals surface area contributed by atoms with E-state index in [0.717, 1.165) is 18.6 Å². The summed E-state index contributed by atoms with van der Waals surface area (Å²) >= 11 is 1.46. The monoisotopic (exact) mass is 459 g/mol. The van der Waals surface area contributed by atoms with Gasteiger partial charge in [0.25, 0.3) is 5.91 Å². The summed E-state index contributed by atoms with van der Waals surface area (Å²) in [4.78, 5) is 42.4. The predicted molar refractivity (Wildman–Crippen MR) is 126 cm³/mol. The highest BCUT2D eigenvalue weighted by atomic mass is 32.2. The number of furan rings is 1. The Hall–Kier alpha value is -2.61. The maximum absolute atomic E-state index is 13.1. The lowest BCUT2D eigenvalue weighted by Gasteiger charge is -2.24. The summed E-state index contributed by atoms with van der Waals surface area (Å²) in [7, 11) is 0. The Morgan fingerprint density at radius 2 is 1.84 bits per heavy atom. The van der Waals surface area contributed by atoms with Crippen LogP contribution in [0.15, 0.2) is 47.3 Å². The number of hydrogen-bond donors (Lipinski definition) is 2. The van der Waals surface area contributed by atoms with Gasteiger partial charge in [-0.3, -0.25) is 19.4 Å². The van der Waals surface area contributed by atoms with Crippen LogP contribution in [-0.2, 0) is 15.3 Å². The number of carbonyl (C=O) groups excluding carboxylic acids is 3. The molecule has 0 saturated carbocycles. The Bertz CT molecular complexity index is 840. The Labute approximate surface area is 194 Å². The van der Waals surface area contributed by atoms with Crippen molar-refractivity contribution in [3.05, 3.63) is 54.2 Å². The molecule has 2 atom stereocenters. The van der Waals surface area contributed by atoms with Gasteiger partial charge in [-0.25, -0.2) is 0 Å². The predicted octanol–water partition coefficient (Wildman–Crippen LogP) is 4.00. The largest absolute Gasteiger partial charge is 0.468 e. The quantitative estimate of drug-likeness (QED) is 0.443. The molecule has 0 aliphatic rings. The second-order valence-electron chi connectivity index (χ2n) is 8.13. The van der Waals surface area contributed by atoms with Gasteiger partial charge in [0.05, 0.1) is 23.8 Å². The first-order chi connectivity index (χ1) is 15.4. The van der Waals surface area contributed by atoms with Gasteiger partial charge in [0, 0.05) is 18.0 Å². The van der Waals surface area contributed by atoms with E-state index >= 15 is 0 Å². The Balaban J connectivity index is 2.00. The molecule has 2 aromatic rings. The molecule has 2 aromatic heterocycles. The van der Waals surface area contributed by atoms with Crippen LogP contribution in [0.1, 0.15) is 62.6 Å². The average Bonchev–Trinajstić information content (AvgIpc) is 3.29. The summed E-state index contributed by atoms with van der Waals surface area (Å²) in [5, 5.41) is 5.72. The number of nitrogens with zero attached hydrogens (tertiary/aromatic N) is 1. The second kappa shape index (κ2) is 13.7. The van der Waals surface area contributed by atoms with Crippen LogP contribution >= 0.6 is 11.8 Å².